The molecule has 0 aromatic carbocycles. The molecule has 1 fully saturated rings. The molecule has 0 aliphatic carbocycles. The van der Waals surface area contributed by atoms with Crippen LogP contribution in [0.25, 0.3) is 0 Å². The van der Waals surface area contributed by atoms with Crippen molar-refractivity contribution in [2.24, 2.45) is 0 Å². The number of halogens is 1. The van der Waals surface area contributed by atoms with E-state index in [1.165, 1.54) is 0 Å². The molecule has 1 aliphatic rings. The second-order valence-corrected chi connectivity index (χ2v) is 7.76. The molecule has 0 N–H and O–H groups in total. The Bertz CT molecular complexity index is 282. The minimum atomic E-state index is -3.03. The molecule has 0 bridgehead atoms. The van der Waals surface area contributed by atoms with E-state index in [9.17, 15) is 8.42 Å². The predicted molar refractivity (Wildman–Crippen MR) is 67.2 cm³/mol. The average molecular weight is 272 g/mol. The van der Waals surface area contributed by atoms with Crippen LogP contribution in [-0.2, 0) is 10.0 Å². The summed E-state index contributed by atoms with van der Waals surface area (Å²) in [5.74, 6) is 1.70. The zero-order valence-electron chi connectivity index (χ0n) is 8.99. The third kappa shape index (κ3) is 4.51. The van der Waals surface area contributed by atoms with Crippen LogP contribution in [0.3, 0.4) is 0 Å². The van der Waals surface area contributed by atoms with Gasteiger partial charge in [-0.05, 0) is 12.8 Å². The van der Waals surface area contributed by atoms with Gasteiger partial charge in [-0.2, -0.15) is 11.8 Å². The first kappa shape index (κ1) is 13.6. The minimum Gasteiger partial charge on any atom is -0.212 e. The van der Waals surface area contributed by atoms with Crippen molar-refractivity contribution in [2.75, 3.05) is 30.5 Å². The summed E-state index contributed by atoms with van der Waals surface area (Å²) in [6.45, 7) is 3.40. The van der Waals surface area contributed by atoms with Gasteiger partial charge >= 0.3 is 0 Å². The third-order valence-corrected chi connectivity index (χ3v) is 5.71. The van der Waals surface area contributed by atoms with E-state index in [1.807, 2.05) is 11.8 Å². The number of sulfonamides is 1. The number of hydrogen-bond acceptors (Lipinski definition) is 3. The van der Waals surface area contributed by atoms with Crippen molar-refractivity contribution in [3.05, 3.63) is 0 Å². The number of hydrogen-bond donors (Lipinski definition) is 0. The molecule has 0 amide bonds. The van der Waals surface area contributed by atoms with Crippen LogP contribution in [0.1, 0.15) is 19.8 Å². The molecule has 1 aliphatic heterocycles. The molecular weight excluding hydrogens is 254 g/mol. The third-order valence-electron chi connectivity index (χ3n) is 2.38. The van der Waals surface area contributed by atoms with Crippen molar-refractivity contribution in [3.63, 3.8) is 0 Å². The Labute approximate surface area is 102 Å². The van der Waals surface area contributed by atoms with Gasteiger partial charge in [0.1, 0.15) is 0 Å². The number of unbranched alkanes of at least 4 members (excludes halogenated alkanes) is 1. The molecule has 90 valence electrons. The number of thioether (sulfide) groups is 1. The van der Waals surface area contributed by atoms with E-state index in [1.54, 1.807) is 4.31 Å². The molecule has 0 aromatic rings. The fraction of sp³-hybridized carbons (Fsp3) is 1.00. The van der Waals surface area contributed by atoms with E-state index in [-0.39, 0.29) is 5.75 Å². The lowest BCUT2D eigenvalue weighted by Gasteiger charge is -2.29. The molecule has 1 heterocycles. The summed E-state index contributed by atoms with van der Waals surface area (Å²) in [4.78, 5) is 0. The standard InChI is InChI=1S/C9H18ClNO2S2/c1-9-8-11(5-6-14-9)15(12,13)7-3-2-4-10/h9H,2-8H2,1H3. The lowest BCUT2D eigenvalue weighted by Crippen LogP contribution is -2.42. The second kappa shape index (κ2) is 6.33. The monoisotopic (exact) mass is 271 g/mol. The van der Waals surface area contributed by atoms with E-state index in [2.05, 4.69) is 6.92 Å². The smallest absolute Gasteiger partial charge is 0.212 e. The van der Waals surface area contributed by atoms with Crippen molar-refractivity contribution in [1.82, 2.24) is 4.31 Å². The number of alkyl halides is 1. The van der Waals surface area contributed by atoms with Crippen molar-refractivity contribution in [3.8, 4) is 0 Å². The van der Waals surface area contributed by atoms with Crippen LogP contribution >= 0.6 is 23.4 Å². The summed E-state index contributed by atoms with van der Waals surface area (Å²) in [5.41, 5.74) is 0. The van der Waals surface area contributed by atoms with Gasteiger partial charge in [0.05, 0.1) is 5.75 Å². The Hall–Kier alpha value is 0.550. The van der Waals surface area contributed by atoms with Gasteiger partial charge in [-0.3, -0.25) is 0 Å². The molecule has 1 atom stereocenters. The summed E-state index contributed by atoms with van der Waals surface area (Å²) in [7, 11) is -3.03. The van der Waals surface area contributed by atoms with E-state index in [4.69, 9.17) is 11.6 Å². The van der Waals surface area contributed by atoms with E-state index >= 15 is 0 Å². The van der Waals surface area contributed by atoms with E-state index in [0.29, 0.717) is 30.6 Å². The molecule has 0 saturated carbocycles. The molecular formula is C9H18ClNO2S2. The average Bonchev–Trinajstić information content (AvgIpc) is 2.18. The SMILES string of the molecule is CC1CN(S(=O)(=O)CCCCCl)CCS1. The summed E-state index contributed by atoms with van der Waals surface area (Å²) in [5, 5.41) is 0.418. The zero-order chi connectivity index (χ0) is 11.3. The zero-order valence-corrected chi connectivity index (χ0v) is 11.4. The first-order valence-corrected chi connectivity index (χ1v) is 8.41. The van der Waals surface area contributed by atoms with Crippen LogP contribution in [-0.4, -0.2) is 48.4 Å². The minimum absolute atomic E-state index is 0.247. The quantitative estimate of drug-likeness (QED) is 0.565. The fourth-order valence-corrected chi connectivity index (χ4v) is 4.61. The predicted octanol–water partition coefficient (Wildman–Crippen LogP) is 1.77. The first-order valence-electron chi connectivity index (χ1n) is 5.21. The van der Waals surface area contributed by atoms with Gasteiger partial charge in [0, 0.05) is 30.0 Å². The van der Waals surface area contributed by atoms with Gasteiger partial charge in [0.15, 0.2) is 0 Å². The molecule has 1 unspecified atom stereocenters. The lowest BCUT2D eigenvalue weighted by molar-refractivity contribution is 0.423. The van der Waals surface area contributed by atoms with Crippen LogP contribution in [0.15, 0.2) is 0 Å². The van der Waals surface area contributed by atoms with Gasteiger partial charge in [0.25, 0.3) is 0 Å². The van der Waals surface area contributed by atoms with Gasteiger partial charge in [0.2, 0.25) is 10.0 Å². The van der Waals surface area contributed by atoms with Gasteiger partial charge in [-0.1, -0.05) is 6.92 Å². The summed E-state index contributed by atoms with van der Waals surface area (Å²) >= 11 is 7.37. The van der Waals surface area contributed by atoms with Crippen molar-refractivity contribution in [2.45, 2.75) is 25.0 Å². The van der Waals surface area contributed by atoms with Crippen LogP contribution in [0.2, 0.25) is 0 Å². The molecule has 0 radical (unpaired) electrons. The Morgan fingerprint density at radius 1 is 1.47 bits per heavy atom. The van der Waals surface area contributed by atoms with Crippen molar-refractivity contribution in [1.29, 1.82) is 0 Å². The normalized spacial score (nSPS) is 24.3. The maximum Gasteiger partial charge on any atom is 0.214 e. The summed E-state index contributed by atoms with van der Waals surface area (Å²) in [6, 6.07) is 0. The fourth-order valence-electron chi connectivity index (χ4n) is 1.55. The van der Waals surface area contributed by atoms with Gasteiger partial charge in [-0.25, -0.2) is 12.7 Å². The topological polar surface area (TPSA) is 37.4 Å². The summed E-state index contributed by atoms with van der Waals surface area (Å²) < 4.78 is 25.4. The van der Waals surface area contributed by atoms with Crippen LogP contribution in [0, 0.1) is 0 Å². The van der Waals surface area contributed by atoms with Crippen LogP contribution < -0.4 is 0 Å². The van der Waals surface area contributed by atoms with Crippen molar-refractivity contribution < 1.29 is 8.42 Å². The molecule has 1 saturated heterocycles. The molecule has 0 spiro atoms. The molecule has 3 nitrogen and oxygen atoms in total. The molecule has 0 aromatic heterocycles. The highest BCUT2D eigenvalue weighted by Gasteiger charge is 2.26. The Morgan fingerprint density at radius 3 is 2.80 bits per heavy atom. The van der Waals surface area contributed by atoms with E-state index < -0.39 is 10.0 Å². The highest BCUT2D eigenvalue weighted by atomic mass is 35.5. The Kier molecular flexibility index (Phi) is 5.74. The first-order chi connectivity index (χ1) is 7.06. The van der Waals surface area contributed by atoms with E-state index in [0.717, 1.165) is 12.2 Å². The Morgan fingerprint density at radius 2 is 2.20 bits per heavy atom. The maximum atomic E-state index is 11.9. The highest BCUT2D eigenvalue weighted by Crippen LogP contribution is 2.20. The lowest BCUT2D eigenvalue weighted by atomic mass is 10.4. The molecule has 15 heavy (non-hydrogen) atoms. The van der Waals surface area contributed by atoms with Crippen LogP contribution in [0.4, 0.5) is 0 Å². The number of nitrogens with zero attached hydrogens (tertiary/aromatic N) is 1. The molecule has 6 heteroatoms. The number of rotatable bonds is 5. The highest BCUT2D eigenvalue weighted by molar-refractivity contribution is 8.00. The Balaban J connectivity index is 2.45. The van der Waals surface area contributed by atoms with Gasteiger partial charge in [-0.15, -0.1) is 11.6 Å². The maximum absolute atomic E-state index is 11.9. The second-order valence-electron chi connectivity index (χ2n) is 3.75. The van der Waals surface area contributed by atoms with Crippen molar-refractivity contribution >= 4 is 33.4 Å². The van der Waals surface area contributed by atoms with Gasteiger partial charge < -0.3 is 0 Å². The molecule has 1 rings (SSSR count). The van der Waals surface area contributed by atoms with Crippen LogP contribution in [0.5, 0.6) is 0 Å². The largest absolute Gasteiger partial charge is 0.214 e. The summed E-state index contributed by atoms with van der Waals surface area (Å²) in [6.07, 6.45) is 1.45.